The zero-order valence-corrected chi connectivity index (χ0v) is 15.4. The summed E-state index contributed by atoms with van der Waals surface area (Å²) in [6.45, 7) is 7.91. The molecule has 0 bridgehead atoms. The van der Waals surface area contributed by atoms with Gasteiger partial charge in [-0.15, -0.1) is 0 Å². The summed E-state index contributed by atoms with van der Waals surface area (Å²) >= 11 is 0. The standard InChI is InChI=1S/C21H25N3O2/c1-3-24(4-2)15-17-11-9-16(10-12-17)14-22-21(25)13-19-18-7-5-6-8-20(18)26-23-19/h5-12H,3-4,13-15H2,1-2H3,(H,22,25). The van der Waals surface area contributed by atoms with Crippen molar-refractivity contribution in [2.24, 2.45) is 0 Å². The minimum Gasteiger partial charge on any atom is -0.356 e. The molecule has 2 aromatic carbocycles. The molecule has 0 radical (unpaired) electrons. The molecule has 3 aromatic rings. The highest BCUT2D eigenvalue weighted by atomic mass is 16.5. The summed E-state index contributed by atoms with van der Waals surface area (Å²) in [5.74, 6) is -0.0590. The van der Waals surface area contributed by atoms with E-state index < -0.39 is 0 Å². The van der Waals surface area contributed by atoms with Crippen LogP contribution < -0.4 is 5.32 Å². The Morgan fingerprint density at radius 1 is 1.04 bits per heavy atom. The first-order chi connectivity index (χ1) is 12.7. The van der Waals surface area contributed by atoms with E-state index in [9.17, 15) is 4.79 Å². The summed E-state index contributed by atoms with van der Waals surface area (Å²) in [4.78, 5) is 14.6. The third-order valence-corrected chi connectivity index (χ3v) is 4.59. The molecule has 0 saturated carbocycles. The monoisotopic (exact) mass is 351 g/mol. The van der Waals surface area contributed by atoms with Crippen LogP contribution in [0.3, 0.4) is 0 Å². The quantitative estimate of drug-likeness (QED) is 0.674. The molecule has 1 aromatic heterocycles. The van der Waals surface area contributed by atoms with E-state index in [1.807, 2.05) is 24.3 Å². The molecule has 1 N–H and O–H groups in total. The summed E-state index contributed by atoms with van der Waals surface area (Å²) in [5, 5.41) is 7.85. The number of aromatic nitrogens is 1. The zero-order chi connectivity index (χ0) is 18.4. The van der Waals surface area contributed by atoms with Crippen LogP contribution >= 0.6 is 0 Å². The Kier molecular flexibility index (Phi) is 6.02. The third kappa shape index (κ3) is 4.49. The molecule has 0 fully saturated rings. The van der Waals surface area contributed by atoms with Gasteiger partial charge in [-0.05, 0) is 36.3 Å². The average Bonchev–Trinajstić information content (AvgIpc) is 3.08. The van der Waals surface area contributed by atoms with Gasteiger partial charge < -0.3 is 9.84 Å². The lowest BCUT2D eigenvalue weighted by Crippen LogP contribution is -2.25. The highest BCUT2D eigenvalue weighted by molar-refractivity contribution is 5.86. The van der Waals surface area contributed by atoms with E-state index in [-0.39, 0.29) is 12.3 Å². The maximum atomic E-state index is 12.2. The van der Waals surface area contributed by atoms with Crippen LogP contribution in [-0.2, 0) is 24.3 Å². The highest BCUT2D eigenvalue weighted by Gasteiger charge is 2.11. The summed E-state index contributed by atoms with van der Waals surface area (Å²) in [6, 6.07) is 16.0. The molecule has 26 heavy (non-hydrogen) atoms. The Morgan fingerprint density at radius 3 is 2.46 bits per heavy atom. The van der Waals surface area contributed by atoms with Crippen molar-refractivity contribution in [1.29, 1.82) is 0 Å². The number of rotatable bonds is 8. The number of amides is 1. The maximum Gasteiger partial charge on any atom is 0.226 e. The Labute approximate surface area is 154 Å². The second kappa shape index (κ2) is 8.63. The molecule has 0 saturated heterocycles. The number of nitrogens with one attached hydrogen (secondary N) is 1. The number of carbonyl (C=O) groups is 1. The van der Waals surface area contributed by atoms with Crippen LogP contribution in [0.4, 0.5) is 0 Å². The molecule has 0 spiro atoms. The molecule has 1 heterocycles. The van der Waals surface area contributed by atoms with Crippen LogP contribution in [0.25, 0.3) is 11.0 Å². The predicted molar refractivity (Wildman–Crippen MR) is 103 cm³/mol. The van der Waals surface area contributed by atoms with Crippen molar-refractivity contribution >= 4 is 16.9 Å². The molecule has 136 valence electrons. The van der Waals surface area contributed by atoms with Crippen molar-refractivity contribution in [3.05, 3.63) is 65.4 Å². The van der Waals surface area contributed by atoms with Crippen LogP contribution in [0.2, 0.25) is 0 Å². The smallest absolute Gasteiger partial charge is 0.226 e. The van der Waals surface area contributed by atoms with Crippen molar-refractivity contribution in [1.82, 2.24) is 15.4 Å². The summed E-state index contributed by atoms with van der Waals surface area (Å²) in [6.07, 6.45) is 0.219. The van der Waals surface area contributed by atoms with Crippen molar-refractivity contribution in [3.63, 3.8) is 0 Å². The molecule has 0 unspecified atom stereocenters. The van der Waals surface area contributed by atoms with Gasteiger partial charge >= 0.3 is 0 Å². The largest absolute Gasteiger partial charge is 0.356 e. The second-order valence-electron chi connectivity index (χ2n) is 6.36. The van der Waals surface area contributed by atoms with Crippen LogP contribution in [0.5, 0.6) is 0 Å². The van der Waals surface area contributed by atoms with E-state index in [0.29, 0.717) is 17.8 Å². The van der Waals surface area contributed by atoms with Gasteiger partial charge in [-0.25, -0.2) is 0 Å². The molecular formula is C21H25N3O2. The molecule has 0 aliphatic rings. The number of hydrogen-bond acceptors (Lipinski definition) is 4. The lowest BCUT2D eigenvalue weighted by Gasteiger charge is -2.18. The lowest BCUT2D eigenvalue weighted by atomic mass is 10.1. The minimum absolute atomic E-state index is 0.0590. The number of para-hydroxylation sites is 1. The van der Waals surface area contributed by atoms with Gasteiger partial charge in [0.15, 0.2) is 5.58 Å². The molecule has 5 nitrogen and oxygen atoms in total. The van der Waals surface area contributed by atoms with Gasteiger partial charge in [0.25, 0.3) is 0 Å². The van der Waals surface area contributed by atoms with Gasteiger partial charge in [0.1, 0.15) is 5.69 Å². The highest BCUT2D eigenvalue weighted by Crippen LogP contribution is 2.18. The number of nitrogens with zero attached hydrogens (tertiary/aromatic N) is 2. The number of benzene rings is 2. The van der Waals surface area contributed by atoms with Gasteiger partial charge in [-0.2, -0.15) is 0 Å². The average molecular weight is 351 g/mol. The summed E-state index contributed by atoms with van der Waals surface area (Å²) in [7, 11) is 0. The van der Waals surface area contributed by atoms with Crippen molar-refractivity contribution in [3.8, 4) is 0 Å². The van der Waals surface area contributed by atoms with E-state index in [1.165, 1.54) is 5.56 Å². The number of fused-ring (bicyclic) bond motifs is 1. The fourth-order valence-electron chi connectivity index (χ4n) is 2.95. The molecular weight excluding hydrogens is 326 g/mol. The predicted octanol–water partition coefficient (Wildman–Crippen LogP) is 3.53. The first-order valence-corrected chi connectivity index (χ1v) is 9.09. The van der Waals surface area contributed by atoms with Gasteiger partial charge in [0.2, 0.25) is 5.91 Å². The second-order valence-corrected chi connectivity index (χ2v) is 6.36. The van der Waals surface area contributed by atoms with Gasteiger partial charge in [0.05, 0.1) is 6.42 Å². The molecule has 1 amide bonds. The third-order valence-electron chi connectivity index (χ3n) is 4.59. The van der Waals surface area contributed by atoms with Gasteiger partial charge in [-0.1, -0.05) is 55.4 Å². The SMILES string of the molecule is CCN(CC)Cc1ccc(CNC(=O)Cc2noc3ccccc23)cc1. The normalized spacial score (nSPS) is 11.2. The molecule has 3 rings (SSSR count). The molecule has 5 heteroatoms. The Morgan fingerprint density at radius 2 is 1.73 bits per heavy atom. The lowest BCUT2D eigenvalue weighted by molar-refractivity contribution is -0.120. The van der Waals surface area contributed by atoms with Crippen LogP contribution in [0.1, 0.15) is 30.7 Å². The van der Waals surface area contributed by atoms with Crippen LogP contribution in [0.15, 0.2) is 53.1 Å². The van der Waals surface area contributed by atoms with Crippen molar-refractivity contribution in [2.75, 3.05) is 13.1 Å². The van der Waals surface area contributed by atoms with Gasteiger partial charge in [0, 0.05) is 18.5 Å². The zero-order valence-electron chi connectivity index (χ0n) is 15.4. The molecule has 0 aliphatic carbocycles. The van der Waals surface area contributed by atoms with E-state index in [2.05, 4.69) is 53.5 Å². The number of carbonyl (C=O) groups excluding carboxylic acids is 1. The minimum atomic E-state index is -0.0590. The molecule has 0 aliphatic heterocycles. The van der Waals surface area contributed by atoms with E-state index in [0.717, 1.165) is 30.6 Å². The fourth-order valence-corrected chi connectivity index (χ4v) is 2.95. The Balaban J connectivity index is 1.53. The van der Waals surface area contributed by atoms with Crippen molar-refractivity contribution < 1.29 is 9.32 Å². The Hall–Kier alpha value is -2.66. The molecule has 0 atom stereocenters. The summed E-state index contributed by atoms with van der Waals surface area (Å²) in [5.41, 5.74) is 3.76. The van der Waals surface area contributed by atoms with E-state index in [1.54, 1.807) is 0 Å². The first kappa shape index (κ1) is 18.1. The first-order valence-electron chi connectivity index (χ1n) is 9.09. The van der Waals surface area contributed by atoms with Crippen LogP contribution in [0, 0.1) is 0 Å². The van der Waals surface area contributed by atoms with Crippen LogP contribution in [-0.4, -0.2) is 29.1 Å². The van der Waals surface area contributed by atoms with Crippen molar-refractivity contribution in [2.45, 2.75) is 33.4 Å². The number of hydrogen-bond donors (Lipinski definition) is 1. The fraction of sp³-hybridized carbons (Fsp3) is 0.333. The van der Waals surface area contributed by atoms with E-state index in [4.69, 9.17) is 4.52 Å². The summed E-state index contributed by atoms with van der Waals surface area (Å²) < 4.78 is 5.24. The van der Waals surface area contributed by atoms with Gasteiger partial charge in [-0.3, -0.25) is 9.69 Å². The maximum absolute atomic E-state index is 12.2. The topological polar surface area (TPSA) is 58.4 Å². The van der Waals surface area contributed by atoms with E-state index >= 15 is 0 Å². The Bertz CT molecular complexity index is 851.